The lowest BCUT2D eigenvalue weighted by Crippen LogP contribution is -2.47. The molecule has 0 aromatic carbocycles. The maximum absolute atomic E-state index is 12.2. The quantitative estimate of drug-likeness (QED) is 0.724. The number of aromatic nitrogens is 2. The highest BCUT2D eigenvalue weighted by atomic mass is 16.6. The number of fused-ring (bicyclic) bond motifs is 1. The molecule has 0 spiro atoms. The van der Waals surface area contributed by atoms with E-state index in [1.165, 1.54) is 5.69 Å². The Hall–Kier alpha value is -1.52. The third kappa shape index (κ3) is 2.74. The molecule has 1 aliphatic rings. The van der Waals surface area contributed by atoms with Crippen molar-refractivity contribution in [2.75, 3.05) is 6.54 Å². The summed E-state index contributed by atoms with van der Waals surface area (Å²) in [5, 5.41) is 0. The Morgan fingerprint density at radius 1 is 1.42 bits per heavy atom. The van der Waals surface area contributed by atoms with E-state index in [4.69, 9.17) is 4.74 Å². The van der Waals surface area contributed by atoms with Crippen molar-refractivity contribution in [2.24, 2.45) is 7.05 Å². The lowest BCUT2D eigenvalue weighted by atomic mass is 9.84. The van der Waals surface area contributed by atoms with Crippen LogP contribution < -0.4 is 0 Å². The average Bonchev–Trinajstić information content (AvgIpc) is 2.57. The molecule has 0 radical (unpaired) electrons. The van der Waals surface area contributed by atoms with Gasteiger partial charge in [-0.15, -0.1) is 0 Å². The normalized spacial score (nSPS) is 18.1. The van der Waals surface area contributed by atoms with Crippen LogP contribution in [0.5, 0.6) is 0 Å². The van der Waals surface area contributed by atoms with Gasteiger partial charge in [0.1, 0.15) is 5.60 Å². The number of carbonyl (C=O) groups is 1. The summed E-state index contributed by atoms with van der Waals surface area (Å²) in [7, 11) is 2.00. The minimum atomic E-state index is -0.467. The van der Waals surface area contributed by atoms with Crippen molar-refractivity contribution in [3.63, 3.8) is 0 Å². The first-order valence-electron chi connectivity index (χ1n) is 6.59. The molecule has 1 aromatic heterocycles. The minimum absolute atomic E-state index is 0.115. The SMILES string of the molecule is Cn1cnc2c1C(C)(C)CN(C(=O)OC(C)(C)C)C2. The smallest absolute Gasteiger partial charge is 0.410 e. The van der Waals surface area contributed by atoms with Crippen LogP contribution in [0, 0.1) is 0 Å². The molecule has 0 unspecified atom stereocenters. The Bertz CT molecular complexity index is 497. The second-order valence-corrected chi connectivity index (χ2v) is 6.87. The van der Waals surface area contributed by atoms with E-state index in [1.54, 1.807) is 4.90 Å². The number of carbonyl (C=O) groups excluding carboxylic acids is 1. The van der Waals surface area contributed by atoms with Gasteiger partial charge in [0.25, 0.3) is 0 Å². The molecule has 5 nitrogen and oxygen atoms in total. The predicted molar refractivity (Wildman–Crippen MR) is 72.9 cm³/mol. The zero-order valence-corrected chi connectivity index (χ0v) is 12.6. The van der Waals surface area contributed by atoms with E-state index in [-0.39, 0.29) is 11.5 Å². The molecular formula is C14H23N3O2. The summed E-state index contributed by atoms with van der Waals surface area (Å²) >= 11 is 0. The van der Waals surface area contributed by atoms with Crippen molar-refractivity contribution in [3.05, 3.63) is 17.7 Å². The van der Waals surface area contributed by atoms with Gasteiger partial charge in [-0.05, 0) is 20.8 Å². The molecule has 1 aliphatic heterocycles. The number of hydrogen-bond acceptors (Lipinski definition) is 3. The summed E-state index contributed by atoms with van der Waals surface area (Å²) in [6, 6.07) is 0. The first-order valence-corrected chi connectivity index (χ1v) is 6.59. The van der Waals surface area contributed by atoms with Gasteiger partial charge in [0.15, 0.2) is 0 Å². The fourth-order valence-corrected chi connectivity index (χ4v) is 2.71. The third-order valence-corrected chi connectivity index (χ3v) is 3.23. The van der Waals surface area contributed by atoms with Crippen LogP contribution in [0.15, 0.2) is 6.33 Å². The van der Waals surface area contributed by atoms with Gasteiger partial charge in [0.2, 0.25) is 0 Å². The summed E-state index contributed by atoms with van der Waals surface area (Å²) in [5.74, 6) is 0. The number of hydrogen-bond donors (Lipinski definition) is 0. The Kier molecular flexibility index (Phi) is 3.11. The highest BCUT2D eigenvalue weighted by molar-refractivity contribution is 5.68. The van der Waals surface area contributed by atoms with Gasteiger partial charge >= 0.3 is 6.09 Å². The first kappa shape index (κ1) is 13.9. The van der Waals surface area contributed by atoms with Crippen LogP contribution >= 0.6 is 0 Å². The molecule has 0 saturated carbocycles. The van der Waals surface area contributed by atoms with Crippen LogP contribution in [-0.2, 0) is 23.7 Å². The molecule has 5 heteroatoms. The van der Waals surface area contributed by atoms with Crippen LogP contribution in [0.4, 0.5) is 4.79 Å². The van der Waals surface area contributed by atoms with E-state index in [0.717, 1.165) is 5.69 Å². The Labute approximate surface area is 114 Å². The van der Waals surface area contributed by atoms with Crippen molar-refractivity contribution in [1.29, 1.82) is 0 Å². The summed E-state index contributed by atoms with van der Waals surface area (Å²) < 4.78 is 7.49. The number of amides is 1. The van der Waals surface area contributed by atoms with Crippen molar-refractivity contribution in [1.82, 2.24) is 14.5 Å². The van der Waals surface area contributed by atoms with E-state index < -0.39 is 5.60 Å². The van der Waals surface area contributed by atoms with Crippen molar-refractivity contribution in [3.8, 4) is 0 Å². The molecule has 0 N–H and O–H groups in total. The summed E-state index contributed by atoms with van der Waals surface area (Å²) in [6.45, 7) is 11.1. The Morgan fingerprint density at radius 2 is 2.05 bits per heavy atom. The molecule has 0 fully saturated rings. The van der Waals surface area contributed by atoms with Crippen LogP contribution in [-0.4, -0.2) is 32.7 Å². The molecule has 2 rings (SSSR count). The van der Waals surface area contributed by atoms with Gasteiger partial charge in [-0.3, -0.25) is 0 Å². The summed E-state index contributed by atoms with van der Waals surface area (Å²) in [6.07, 6.45) is 1.54. The zero-order chi connectivity index (χ0) is 14.4. The molecule has 0 saturated heterocycles. The summed E-state index contributed by atoms with van der Waals surface area (Å²) in [4.78, 5) is 18.3. The highest BCUT2D eigenvalue weighted by Gasteiger charge is 2.38. The van der Waals surface area contributed by atoms with Gasteiger partial charge in [-0.1, -0.05) is 13.8 Å². The van der Waals surface area contributed by atoms with Crippen molar-refractivity contribution >= 4 is 6.09 Å². The fraction of sp³-hybridized carbons (Fsp3) is 0.714. The second-order valence-electron chi connectivity index (χ2n) is 6.87. The van der Waals surface area contributed by atoms with Crippen molar-refractivity contribution < 1.29 is 9.53 Å². The lowest BCUT2D eigenvalue weighted by molar-refractivity contribution is 0.0167. The van der Waals surface area contributed by atoms with Crippen LogP contribution in [0.3, 0.4) is 0 Å². The second kappa shape index (κ2) is 4.25. The van der Waals surface area contributed by atoms with Crippen LogP contribution in [0.1, 0.15) is 46.0 Å². The number of nitrogens with zero attached hydrogens (tertiary/aromatic N) is 3. The van der Waals surface area contributed by atoms with Crippen molar-refractivity contribution in [2.45, 2.75) is 52.2 Å². The van der Waals surface area contributed by atoms with E-state index in [2.05, 4.69) is 18.8 Å². The average molecular weight is 265 g/mol. The number of ether oxygens (including phenoxy) is 1. The van der Waals surface area contributed by atoms with Gasteiger partial charge in [-0.2, -0.15) is 0 Å². The zero-order valence-electron chi connectivity index (χ0n) is 12.6. The van der Waals surface area contributed by atoms with Gasteiger partial charge in [0.05, 0.1) is 18.6 Å². The number of rotatable bonds is 0. The predicted octanol–water partition coefficient (Wildman–Crippen LogP) is 2.45. The summed E-state index contributed by atoms with van der Waals surface area (Å²) in [5.41, 5.74) is 1.58. The van der Waals surface area contributed by atoms with E-state index in [1.807, 2.05) is 38.7 Å². The Balaban J connectivity index is 2.23. The molecule has 0 atom stereocenters. The third-order valence-electron chi connectivity index (χ3n) is 3.23. The molecule has 0 bridgehead atoms. The monoisotopic (exact) mass is 265 g/mol. The standard InChI is InChI=1S/C14H23N3O2/c1-13(2,3)19-12(18)17-7-10-11(14(4,5)8-17)16(6)9-15-10/h9H,7-8H2,1-6H3. The lowest BCUT2D eigenvalue weighted by Gasteiger charge is -2.38. The maximum atomic E-state index is 12.2. The number of imidazole rings is 1. The largest absolute Gasteiger partial charge is 0.444 e. The number of aryl methyl sites for hydroxylation is 1. The first-order chi connectivity index (χ1) is 8.60. The van der Waals surface area contributed by atoms with Gasteiger partial charge in [-0.25, -0.2) is 9.78 Å². The highest BCUT2D eigenvalue weighted by Crippen LogP contribution is 2.32. The molecule has 106 valence electrons. The van der Waals surface area contributed by atoms with Crippen LogP contribution in [0.2, 0.25) is 0 Å². The Morgan fingerprint density at radius 3 is 2.63 bits per heavy atom. The van der Waals surface area contributed by atoms with Gasteiger partial charge in [0, 0.05) is 24.7 Å². The van der Waals surface area contributed by atoms with Gasteiger partial charge < -0.3 is 14.2 Å². The van der Waals surface area contributed by atoms with E-state index in [9.17, 15) is 4.79 Å². The van der Waals surface area contributed by atoms with Crippen LogP contribution in [0.25, 0.3) is 0 Å². The molecule has 19 heavy (non-hydrogen) atoms. The molecule has 0 aliphatic carbocycles. The minimum Gasteiger partial charge on any atom is -0.444 e. The fourth-order valence-electron chi connectivity index (χ4n) is 2.71. The maximum Gasteiger partial charge on any atom is 0.410 e. The molecule has 2 heterocycles. The topological polar surface area (TPSA) is 47.4 Å². The van der Waals surface area contributed by atoms with E-state index >= 15 is 0 Å². The molecule has 1 aromatic rings. The van der Waals surface area contributed by atoms with E-state index in [0.29, 0.717) is 13.1 Å². The molecular weight excluding hydrogens is 242 g/mol. The molecule has 1 amide bonds.